The van der Waals surface area contributed by atoms with Crippen molar-refractivity contribution < 1.29 is 10.2 Å². The molecule has 2 N–H and O–H groups in total. The van der Waals surface area contributed by atoms with E-state index in [1.165, 1.54) is 11.1 Å². The molecule has 174 valence electrons. The Bertz CT molecular complexity index is 841. The van der Waals surface area contributed by atoms with E-state index in [1.54, 1.807) is 12.4 Å². The van der Waals surface area contributed by atoms with E-state index in [0.29, 0.717) is 24.6 Å². The highest BCUT2D eigenvalue weighted by Crippen LogP contribution is 2.26. The first-order chi connectivity index (χ1) is 15.5. The largest absolute Gasteiger partial charge is 0.507 e. The highest BCUT2D eigenvalue weighted by Gasteiger charge is 2.08. The van der Waals surface area contributed by atoms with Gasteiger partial charge >= 0.3 is 0 Å². The summed E-state index contributed by atoms with van der Waals surface area (Å²) >= 11 is 0. The summed E-state index contributed by atoms with van der Waals surface area (Å²) in [6, 6.07) is 8.31. The Balaban J connectivity index is 2.04. The van der Waals surface area contributed by atoms with Gasteiger partial charge < -0.3 is 10.2 Å². The molecule has 0 amide bonds. The summed E-state index contributed by atoms with van der Waals surface area (Å²) in [5, 5.41) is 21.0. The summed E-state index contributed by atoms with van der Waals surface area (Å²) in [4.78, 5) is 8.97. The van der Waals surface area contributed by atoms with Gasteiger partial charge in [0, 0.05) is 23.6 Å². The van der Waals surface area contributed by atoms with Gasteiger partial charge in [0.25, 0.3) is 0 Å². The SMILES string of the molecule is CCCCc1cc(C=NCCN=Cc2cc(CCCC)cc(CC)c2O)c(O)c(CC)c1. The van der Waals surface area contributed by atoms with Crippen molar-refractivity contribution >= 4 is 12.4 Å². The Morgan fingerprint density at radius 3 is 1.41 bits per heavy atom. The van der Waals surface area contributed by atoms with Gasteiger partial charge in [-0.2, -0.15) is 0 Å². The van der Waals surface area contributed by atoms with E-state index in [2.05, 4.69) is 49.8 Å². The predicted octanol–water partition coefficient (Wildman–Crippen LogP) is 6.45. The number of aromatic hydroxyl groups is 2. The smallest absolute Gasteiger partial charge is 0.127 e. The lowest BCUT2D eigenvalue weighted by molar-refractivity contribution is 0.467. The minimum Gasteiger partial charge on any atom is -0.507 e. The highest BCUT2D eigenvalue weighted by atomic mass is 16.3. The third-order valence-corrected chi connectivity index (χ3v) is 5.78. The minimum atomic E-state index is 0.334. The maximum Gasteiger partial charge on any atom is 0.127 e. The van der Waals surface area contributed by atoms with Crippen molar-refractivity contribution in [1.29, 1.82) is 0 Å². The number of hydrogen-bond donors (Lipinski definition) is 2. The van der Waals surface area contributed by atoms with Gasteiger partial charge in [0.2, 0.25) is 0 Å². The lowest BCUT2D eigenvalue weighted by Gasteiger charge is -2.10. The third-order valence-electron chi connectivity index (χ3n) is 5.78. The molecule has 0 spiro atoms. The molecular weight excluding hydrogens is 396 g/mol. The van der Waals surface area contributed by atoms with Crippen LogP contribution in [0.4, 0.5) is 0 Å². The first-order valence-electron chi connectivity index (χ1n) is 12.2. The van der Waals surface area contributed by atoms with E-state index >= 15 is 0 Å². The van der Waals surface area contributed by atoms with Crippen molar-refractivity contribution in [2.75, 3.05) is 13.1 Å². The summed E-state index contributed by atoms with van der Waals surface area (Å²) < 4.78 is 0. The summed E-state index contributed by atoms with van der Waals surface area (Å²) in [5.41, 5.74) is 6.03. The number of phenolic OH excluding ortho intramolecular Hbond substituents is 2. The fourth-order valence-electron chi connectivity index (χ4n) is 3.80. The molecule has 0 saturated carbocycles. The van der Waals surface area contributed by atoms with E-state index in [4.69, 9.17) is 0 Å². The van der Waals surface area contributed by atoms with Crippen LogP contribution in [0.2, 0.25) is 0 Å². The van der Waals surface area contributed by atoms with Crippen LogP contribution in [0.15, 0.2) is 34.3 Å². The second-order valence-electron chi connectivity index (χ2n) is 8.37. The van der Waals surface area contributed by atoms with Crippen LogP contribution < -0.4 is 0 Å². The molecular formula is C28H40N2O2. The van der Waals surface area contributed by atoms with Gasteiger partial charge in [0.05, 0.1) is 13.1 Å². The summed E-state index contributed by atoms with van der Waals surface area (Å²) in [7, 11) is 0. The van der Waals surface area contributed by atoms with Gasteiger partial charge in [-0.15, -0.1) is 0 Å². The molecule has 4 nitrogen and oxygen atoms in total. The maximum absolute atomic E-state index is 10.5. The van der Waals surface area contributed by atoms with Crippen LogP contribution in [0.1, 0.15) is 86.8 Å². The standard InChI is InChI=1S/C28H40N2O2/c1-5-9-11-21-15-23(7-3)27(31)25(17-21)19-29-13-14-30-20-26-18-22(12-10-6-2)16-24(8-4)28(26)32/h15-20,31-32H,5-14H2,1-4H3. The Morgan fingerprint density at radius 2 is 1.06 bits per heavy atom. The molecule has 0 bridgehead atoms. The normalized spacial score (nSPS) is 11.8. The molecule has 0 atom stereocenters. The monoisotopic (exact) mass is 436 g/mol. The topological polar surface area (TPSA) is 65.2 Å². The maximum atomic E-state index is 10.5. The fourth-order valence-corrected chi connectivity index (χ4v) is 3.80. The molecule has 2 rings (SSSR count). The Morgan fingerprint density at radius 1 is 0.656 bits per heavy atom. The van der Waals surface area contributed by atoms with Crippen molar-refractivity contribution in [3.8, 4) is 11.5 Å². The van der Waals surface area contributed by atoms with Crippen LogP contribution in [0.3, 0.4) is 0 Å². The number of unbranched alkanes of at least 4 members (excludes halogenated alkanes) is 2. The molecule has 0 unspecified atom stereocenters. The van der Waals surface area contributed by atoms with Crippen LogP contribution in [0.5, 0.6) is 11.5 Å². The van der Waals surface area contributed by atoms with Gasteiger partial charge in [-0.05, 0) is 72.9 Å². The quantitative estimate of drug-likeness (QED) is 0.280. The van der Waals surface area contributed by atoms with Crippen LogP contribution in [-0.4, -0.2) is 35.7 Å². The molecule has 0 aliphatic heterocycles. The van der Waals surface area contributed by atoms with E-state index in [0.717, 1.165) is 73.6 Å². The van der Waals surface area contributed by atoms with Gasteiger partial charge in [-0.1, -0.05) is 52.7 Å². The van der Waals surface area contributed by atoms with Crippen molar-refractivity contribution in [3.63, 3.8) is 0 Å². The number of nitrogens with zero attached hydrogens (tertiary/aromatic N) is 2. The second-order valence-corrected chi connectivity index (χ2v) is 8.37. The average Bonchev–Trinajstić information content (AvgIpc) is 2.81. The zero-order valence-electron chi connectivity index (χ0n) is 20.3. The number of phenols is 2. The molecule has 0 aliphatic carbocycles. The van der Waals surface area contributed by atoms with Gasteiger partial charge in [-0.3, -0.25) is 9.98 Å². The molecule has 0 aliphatic rings. The molecule has 2 aromatic rings. The molecule has 0 aromatic heterocycles. The Kier molecular flexibility index (Phi) is 11.0. The van der Waals surface area contributed by atoms with E-state index < -0.39 is 0 Å². The van der Waals surface area contributed by atoms with Crippen molar-refractivity contribution in [2.24, 2.45) is 9.98 Å². The molecule has 0 saturated heterocycles. The second kappa shape index (κ2) is 13.7. The zero-order chi connectivity index (χ0) is 23.3. The van der Waals surface area contributed by atoms with Crippen molar-refractivity contribution in [1.82, 2.24) is 0 Å². The average molecular weight is 437 g/mol. The van der Waals surface area contributed by atoms with E-state index in [9.17, 15) is 10.2 Å². The number of rotatable bonds is 13. The van der Waals surface area contributed by atoms with Gasteiger partial charge in [-0.25, -0.2) is 0 Å². The first-order valence-corrected chi connectivity index (χ1v) is 12.2. The Hall–Kier alpha value is -2.62. The molecule has 4 heteroatoms. The highest BCUT2D eigenvalue weighted by molar-refractivity contribution is 5.85. The Labute approximate surface area is 194 Å². The predicted molar refractivity (Wildman–Crippen MR) is 137 cm³/mol. The number of aliphatic imine (C=N–C) groups is 2. The lowest BCUT2D eigenvalue weighted by atomic mass is 9.99. The van der Waals surface area contributed by atoms with E-state index in [1.807, 2.05) is 12.1 Å². The van der Waals surface area contributed by atoms with Crippen molar-refractivity contribution in [2.45, 2.75) is 79.1 Å². The number of hydrogen-bond acceptors (Lipinski definition) is 4. The summed E-state index contributed by atoms with van der Waals surface area (Å²) in [5.74, 6) is 0.668. The third kappa shape index (κ3) is 7.51. The molecule has 0 radical (unpaired) electrons. The van der Waals surface area contributed by atoms with E-state index in [-0.39, 0.29) is 0 Å². The van der Waals surface area contributed by atoms with Crippen LogP contribution in [0, 0.1) is 0 Å². The number of benzene rings is 2. The van der Waals surface area contributed by atoms with Crippen LogP contribution >= 0.6 is 0 Å². The molecule has 32 heavy (non-hydrogen) atoms. The summed E-state index contributed by atoms with van der Waals surface area (Å²) in [6.45, 7) is 9.57. The minimum absolute atomic E-state index is 0.334. The fraction of sp³-hybridized carbons (Fsp3) is 0.500. The summed E-state index contributed by atoms with van der Waals surface area (Å²) in [6.07, 6.45) is 11.8. The number of aryl methyl sites for hydroxylation is 4. The molecule has 0 fully saturated rings. The first kappa shape index (κ1) is 25.6. The van der Waals surface area contributed by atoms with Crippen LogP contribution in [0.25, 0.3) is 0 Å². The lowest BCUT2D eigenvalue weighted by Crippen LogP contribution is -1.97. The van der Waals surface area contributed by atoms with Crippen LogP contribution in [-0.2, 0) is 25.7 Å². The zero-order valence-corrected chi connectivity index (χ0v) is 20.3. The van der Waals surface area contributed by atoms with Gasteiger partial charge in [0.1, 0.15) is 11.5 Å². The molecule has 0 heterocycles. The van der Waals surface area contributed by atoms with Crippen molar-refractivity contribution in [3.05, 3.63) is 57.6 Å². The van der Waals surface area contributed by atoms with Gasteiger partial charge in [0.15, 0.2) is 0 Å². The molecule has 2 aromatic carbocycles.